The molecule has 0 saturated heterocycles. The zero-order chi connectivity index (χ0) is 14.8. The summed E-state index contributed by atoms with van der Waals surface area (Å²) in [5.74, 6) is 0.0879. The average Bonchev–Trinajstić information content (AvgIpc) is 2.53. The van der Waals surface area contributed by atoms with Gasteiger partial charge in [-0.25, -0.2) is 0 Å². The fraction of sp³-hybridized carbons (Fsp3) is 0.412. The molecular weight excluding hydrogens is 328 g/mol. The molecule has 1 saturated carbocycles. The predicted molar refractivity (Wildman–Crippen MR) is 88.8 cm³/mol. The molecular formula is C17H19BrN2O. The van der Waals surface area contributed by atoms with Crippen molar-refractivity contribution < 1.29 is 4.79 Å². The van der Waals surface area contributed by atoms with E-state index in [-0.39, 0.29) is 11.9 Å². The Hall–Kier alpha value is -1.42. The van der Waals surface area contributed by atoms with Crippen LogP contribution < -0.4 is 0 Å². The Morgan fingerprint density at radius 2 is 2.05 bits per heavy atom. The quantitative estimate of drug-likeness (QED) is 0.769. The van der Waals surface area contributed by atoms with Gasteiger partial charge in [0.25, 0.3) is 5.91 Å². The molecule has 2 atom stereocenters. The van der Waals surface area contributed by atoms with Gasteiger partial charge in [0.1, 0.15) is 0 Å². The number of hydrogen-bond acceptors (Lipinski definition) is 2. The number of alkyl halides is 1. The second kappa shape index (κ2) is 6.14. The minimum Gasteiger partial charge on any atom is -0.338 e. The van der Waals surface area contributed by atoms with Gasteiger partial charge in [0.15, 0.2) is 0 Å². The summed E-state index contributed by atoms with van der Waals surface area (Å²) in [5.41, 5.74) is 1.61. The van der Waals surface area contributed by atoms with E-state index in [1.807, 2.05) is 42.3 Å². The first-order valence-electron chi connectivity index (χ1n) is 7.43. The fourth-order valence-electron chi connectivity index (χ4n) is 3.13. The highest BCUT2D eigenvalue weighted by molar-refractivity contribution is 9.09. The number of amides is 1. The maximum absolute atomic E-state index is 12.9. The van der Waals surface area contributed by atoms with Crippen LogP contribution in [0.15, 0.2) is 36.5 Å². The molecule has 0 bridgehead atoms. The molecule has 4 heteroatoms. The average molecular weight is 347 g/mol. The number of halogens is 1. The summed E-state index contributed by atoms with van der Waals surface area (Å²) >= 11 is 3.74. The van der Waals surface area contributed by atoms with Crippen molar-refractivity contribution in [2.24, 2.45) is 0 Å². The highest BCUT2D eigenvalue weighted by Gasteiger charge is 2.30. The summed E-state index contributed by atoms with van der Waals surface area (Å²) in [5, 5.41) is 0.929. The van der Waals surface area contributed by atoms with Gasteiger partial charge in [-0.15, -0.1) is 0 Å². The predicted octanol–water partition coefficient (Wildman–Crippen LogP) is 4.01. The van der Waals surface area contributed by atoms with E-state index in [1.54, 1.807) is 6.20 Å². The molecule has 0 N–H and O–H groups in total. The molecule has 1 aliphatic carbocycles. The van der Waals surface area contributed by atoms with Crippen LogP contribution in [0, 0.1) is 0 Å². The summed E-state index contributed by atoms with van der Waals surface area (Å²) in [6, 6.07) is 9.87. The zero-order valence-electron chi connectivity index (χ0n) is 12.1. The van der Waals surface area contributed by atoms with E-state index < -0.39 is 0 Å². The van der Waals surface area contributed by atoms with Crippen LogP contribution >= 0.6 is 15.9 Å². The van der Waals surface area contributed by atoms with Crippen LogP contribution in [0.1, 0.15) is 36.0 Å². The van der Waals surface area contributed by atoms with Gasteiger partial charge in [-0.05, 0) is 31.0 Å². The standard InChI is InChI=1S/C17H19BrN2O/c1-20(16-10-3-2-8-14(16)18)17(21)13-6-4-9-15-12(13)7-5-11-19-15/h4-7,9,11,14,16H,2-3,8,10H2,1H3. The van der Waals surface area contributed by atoms with Crippen molar-refractivity contribution in [2.75, 3.05) is 7.05 Å². The lowest BCUT2D eigenvalue weighted by Gasteiger charge is -2.35. The first-order valence-corrected chi connectivity index (χ1v) is 8.35. The van der Waals surface area contributed by atoms with Gasteiger partial charge in [-0.2, -0.15) is 0 Å². The maximum Gasteiger partial charge on any atom is 0.254 e. The number of rotatable bonds is 2. The number of nitrogens with zero attached hydrogens (tertiary/aromatic N) is 2. The van der Waals surface area contributed by atoms with Crippen molar-refractivity contribution >= 4 is 32.7 Å². The van der Waals surface area contributed by atoms with Crippen LogP contribution in [0.25, 0.3) is 10.9 Å². The second-order valence-corrected chi connectivity index (χ2v) is 6.84. The highest BCUT2D eigenvalue weighted by atomic mass is 79.9. The number of fused-ring (bicyclic) bond motifs is 1. The molecule has 1 aliphatic rings. The van der Waals surface area contributed by atoms with Crippen molar-refractivity contribution in [3.05, 3.63) is 42.1 Å². The molecule has 0 aliphatic heterocycles. The monoisotopic (exact) mass is 346 g/mol. The van der Waals surface area contributed by atoms with Crippen molar-refractivity contribution in [3.63, 3.8) is 0 Å². The van der Waals surface area contributed by atoms with E-state index in [9.17, 15) is 4.79 Å². The molecule has 1 aromatic heterocycles. The fourth-order valence-corrected chi connectivity index (χ4v) is 4.08. The van der Waals surface area contributed by atoms with Crippen LogP contribution in [0.3, 0.4) is 0 Å². The van der Waals surface area contributed by atoms with Gasteiger partial charge >= 0.3 is 0 Å². The van der Waals surface area contributed by atoms with Crippen LogP contribution in [0.2, 0.25) is 0 Å². The van der Waals surface area contributed by atoms with E-state index in [0.29, 0.717) is 4.83 Å². The summed E-state index contributed by atoms with van der Waals surface area (Å²) in [6.45, 7) is 0. The molecule has 0 spiro atoms. The lowest BCUT2D eigenvalue weighted by atomic mass is 9.93. The second-order valence-electron chi connectivity index (χ2n) is 5.66. The Kier molecular flexibility index (Phi) is 4.24. The zero-order valence-corrected chi connectivity index (χ0v) is 13.7. The number of hydrogen-bond donors (Lipinski definition) is 0. The van der Waals surface area contributed by atoms with E-state index in [1.165, 1.54) is 12.8 Å². The first kappa shape index (κ1) is 14.5. The van der Waals surface area contributed by atoms with Gasteiger partial charge in [0.05, 0.1) is 5.52 Å². The van der Waals surface area contributed by atoms with Gasteiger partial charge < -0.3 is 4.90 Å². The lowest BCUT2D eigenvalue weighted by molar-refractivity contribution is 0.0707. The largest absolute Gasteiger partial charge is 0.338 e. The summed E-state index contributed by atoms with van der Waals surface area (Å²) in [6.07, 6.45) is 6.41. The third-order valence-corrected chi connectivity index (χ3v) is 5.41. The Morgan fingerprint density at radius 3 is 2.86 bits per heavy atom. The molecule has 3 nitrogen and oxygen atoms in total. The summed E-state index contributed by atoms with van der Waals surface area (Å²) < 4.78 is 0. The van der Waals surface area contributed by atoms with Crippen molar-refractivity contribution in [1.29, 1.82) is 0 Å². The molecule has 21 heavy (non-hydrogen) atoms. The van der Waals surface area contributed by atoms with Crippen molar-refractivity contribution in [2.45, 2.75) is 36.6 Å². The summed E-state index contributed by atoms with van der Waals surface area (Å²) in [4.78, 5) is 19.5. The smallest absolute Gasteiger partial charge is 0.254 e. The first-order chi connectivity index (χ1) is 10.2. The van der Waals surface area contributed by atoms with Crippen molar-refractivity contribution in [1.82, 2.24) is 9.88 Å². The molecule has 1 heterocycles. The number of aromatic nitrogens is 1. The number of carbonyl (C=O) groups is 1. The Labute approximate surface area is 133 Å². The number of pyridine rings is 1. The van der Waals surface area contributed by atoms with E-state index in [0.717, 1.165) is 29.3 Å². The molecule has 2 unspecified atom stereocenters. The molecule has 2 aromatic rings. The van der Waals surface area contributed by atoms with Gasteiger partial charge in [0.2, 0.25) is 0 Å². The normalized spacial score (nSPS) is 22.2. The molecule has 0 radical (unpaired) electrons. The van der Waals surface area contributed by atoms with Crippen LogP contribution in [-0.4, -0.2) is 33.7 Å². The minimum absolute atomic E-state index is 0.0879. The highest BCUT2D eigenvalue weighted by Crippen LogP contribution is 2.29. The molecule has 110 valence electrons. The van der Waals surface area contributed by atoms with Gasteiger partial charge in [0, 0.05) is 35.1 Å². The van der Waals surface area contributed by atoms with Crippen molar-refractivity contribution in [3.8, 4) is 0 Å². The Balaban J connectivity index is 1.93. The lowest BCUT2D eigenvalue weighted by Crippen LogP contribution is -2.44. The van der Waals surface area contributed by atoms with Crippen LogP contribution in [0.5, 0.6) is 0 Å². The third kappa shape index (κ3) is 2.82. The number of benzene rings is 1. The van der Waals surface area contributed by atoms with Gasteiger partial charge in [-0.1, -0.05) is 40.9 Å². The third-order valence-electron chi connectivity index (χ3n) is 4.34. The molecule has 1 amide bonds. The molecule has 3 rings (SSSR count). The topological polar surface area (TPSA) is 33.2 Å². The Morgan fingerprint density at radius 1 is 1.24 bits per heavy atom. The van der Waals surface area contributed by atoms with Gasteiger partial charge in [-0.3, -0.25) is 9.78 Å². The Bertz CT molecular complexity index is 653. The summed E-state index contributed by atoms with van der Waals surface area (Å²) in [7, 11) is 1.92. The molecule has 1 fully saturated rings. The number of carbonyl (C=O) groups excluding carboxylic acids is 1. The maximum atomic E-state index is 12.9. The van der Waals surface area contributed by atoms with E-state index in [2.05, 4.69) is 20.9 Å². The van der Waals surface area contributed by atoms with Crippen LogP contribution in [0.4, 0.5) is 0 Å². The van der Waals surface area contributed by atoms with E-state index >= 15 is 0 Å². The SMILES string of the molecule is CN(C(=O)c1cccc2ncccc12)C1CCCCC1Br. The molecule has 1 aromatic carbocycles. The van der Waals surface area contributed by atoms with Crippen LogP contribution in [-0.2, 0) is 0 Å². The minimum atomic E-state index is 0.0879. The van der Waals surface area contributed by atoms with E-state index in [4.69, 9.17) is 0 Å².